The van der Waals surface area contributed by atoms with Gasteiger partial charge < -0.3 is 10.1 Å². The predicted octanol–water partition coefficient (Wildman–Crippen LogP) is 5.59. The van der Waals surface area contributed by atoms with Gasteiger partial charge in [0.15, 0.2) is 0 Å². The molecule has 2 nitrogen and oxygen atoms in total. The molecule has 0 heterocycles. The van der Waals surface area contributed by atoms with Gasteiger partial charge in [-0.15, -0.1) is 0 Å². The van der Waals surface area contributed by atoms with E-state index < -0.39 is 0 Å². The van der Waals surface area contributed by atoms with Crippen molar-refractivity contribution in [2.75, 3.05) is 6.54 Å². The van der Waals surface area contributed by atoms with Crippen LogP contribution in [0.3, 0.4) is 0 Å². The molecule has 0 amide bonds. The van der Waals surface area contributed by atoms with Crippen LogP contribution in [-0.4, -0.2) is 6.54 Å². The maximum atomic E-state index is 6.11. The second-order valence-electron chi connectivity index (χ2n) is 4.94. The molecular weight excluding hydrogens is 305 g/mol. The summed E-state index contributed by atoms with van der Waals surface area (Å²) < 4.78 is 5.81. The summed E-state index contributed by atoms with van der Waals surface area (Å²) in [5.74, 6) is 1.33. The normalized spacial score (nSPS) is 10.7. The highest BCUT2D eigenvalue weighted by Gasteiger charge is 2.06. The van der Waals surface area contributed by atoms with Crippen molar-refractivity contribution in [3.05, 3.63) is 57.6 Å². The van der Waals surface area contributed by atoms with Gasteiger partial charge in [-0.05, 0) is 55.3 Å². The molecule has 112 valence electrons. The van der Waals surface area contributed by atoms with Gasteiger partial charge in [-0.25, -0.2) is 0 Å². The van der Waals surface area contributed by atoms with Crippen LogP contribution >= 0.6 is 23.2 Å². The predicted molar refractivity (Wildman–Crippen MR) is 89.7 cm³/mol. The summed E-state index contributed by atoms with van der Waals surface area (Å²) in [6.07, 6.45) is 1.13. The lowest BCUT2D eigenvalue weighted by Crippen LogP contribution is -2.14. The third-order valence-corrected chi connectivity index (χ3v) is 3.72. The van der Waals surface area contributed by atoms with E-state index >= 15 is 0 Å². The molecule has 0 atom stereocenters. The largest absolute Gasteiger partial charge is 0.456 e. The van der Waals surface area contributed by atoms with Crippen molar-refractivity contribution < 1.29 is 4.74 Å². The molecule has 0 aliphatic rings. The van der Waals surface area contributed by atoms with Crippen molar-refractivity contribution in [1.82, 2.24) is 5.32 Å². The molecule has 0 bridgehead atoms. The molecule has 2 aromatic rings. The van der Waals surface area contributed by atoms with Crippen LogP contribution in [0, 0.1) is 6.92 Å². The van der Waals surface area contributed by atoms with E-state index in [0.717, 1.165) is 25.3 Å². The number of hydrogen-bond acceptors (Lipinski definition) is 2. The maximum absolute atomic E-state index is 6.11. The minimum atomic E-state index is 0.547. The Labute approximate surface area is 136 Å². The summed E-state index contributed by atoms with van der Waals surface area (Å²) >= 11 is 12.1. The fourth-order valence-corrected chi connectivity index (χ4v) is 2.33. The molecular formula is C17H19Cl2NO. The van der Waals surface area contributed by atoms with Crippen molar-refractivity contribution in [3.63, 3.8) is 0 Å². The summed E-state index contributed by atoms with van der Waals surface area (Å²) in [6, 6.07) is 11.2. The van der Waals surface area contributed by atoms with E-state index in [9.17, 15) is 0 Å². The monoisotopic (exact) mass is 323 g/mol. The fourth-order valence-electron chi connectivity index (χ4n) is 2.01. The first-order valence-corrected chi connectivity index (χ1v) is 7.79. The Hall–Kier alpha value is -1.22. The van der Waals surface area contributed by atoms with Crippen LogP contribution in [0.4, 0.5) is 0 Å². The van der Waals surface area contributed by atoms with Crippen LogP contribution in [-0.2, 0) is 6.54 Å². The maximum Gasteiger partial charge on any atom is 0.147 e. The number of hydrogen-bond donors (Lipinski definition) is 1. The summed E-state index contributed by atoms with van der Waals surface area (Å²) in [5, 5.41) is 4.55. The summed E-state index contributed by atoms with van der Waals surface area (Å²) in [7, 11) is 0. The number of nitrogens with one attached hydrogen (secondary N) is 1. The van der Waals surface area contributed by atoms with Gasteiger partial charge in [0.25, 0.3) is 0 Å². The van der Waals surface area contributed by atoms with Crippen molar-refractivity contribution in [3.8, 4) is 11.5 Å². The average molecular weight is 324 g/mol. The molecule has 2 aromatic carbocycles. The SMILES string of the molecule is CCCNCc1ccc(Oc2cc(Cl)ccc2Cl)cc1C. The summed E-state index contributed by atoms with van der Waals surface area (Å²) in [4.78, 5) is 0. The lowest BCUT2D eigenvalue weighted by Gasteiger charge is -2.11. The van der Waals surface area contributed by atoms with Crippen molar-refractivity contribution in [2.45, 2.75) is 26.8 Å². The van der Waals surface area contributed by atoms with E-state index in [1.54, 1.807) is 18.2 Å². The zero-order valence-corrected chi connectivity index (χ0v) is 13.8. The van der Waals surface area contributed by atoms with Gasteiger partial charge in [-0.3, -0.25) is 0 Å². The first kappa shape index (κ1) is 16.2. The fraction of sp³-hybridized carbons (Fsp3) is 0.294. The van der Waals surface area contributed by atoms with Gasteiger partial charge in [0, 0.05) is 17.6 Å². The standard InChI is InChI=1S/C17H19Cl2NO/c1-3-8-20-11-13-4-6-15(9-12(13)2)21-17-10-14(18)5-7-16(17)19/h4-7,9-10,20H,3,8,11H2,1-2H3. The Morgan fingerprint density at radius 1 is 1.10 bits per heavy atom. The number of halogens is 2. The van der Waals surface area contributed by atoms with Crippen LogP contribution in [0.1, 0.15) is 24.5 Å². The second kappa shape index (κ2) is 7.69. The molecule has 0 fully saturated rings. The zero-order chi connectivity index (χ0) is 15.2. The van der Waals surface area contributed by atoms with Gasteiger partial charge >= 0.3 is 0 Å². The van der Waals surface area contributed by atoms with Gasteiger partial charge in [0.2, 0.25) is 0 Å². The van der Waals surface area contributed by atoms with Gasteiger partial charge in [0.1, 0.15) is 11.5 Å². The van der Waals surface area contributed by atoms with E-state index in [2.05, 4.69) is 25.2 Å². The summed E-state index contributed by atoms with van der Waals surface area (Å²) in [5.41, 5.74) is 2.46. The van der Waals surface area contributed by atoms with Gasteiger partial charge in [-0.2, -0.15) is 0 Å². The van der Waals surface area contributed by atoms with Crippen LogP contribution in [0.5, 0.6) is 11.5 Å². The van der Waals surface area contributed by atoms with Crippen LogP contribution in [0.2, 0.25) is 10.0 Å². The highest BCUT2D eigenvalue weighted by molar-refractivity contribution is 6.34. The minimum absolute atomic E-state index is 0.547. The number of benzene rings is 2. The molecule has 2 rings (SSSR count). The molecule has 0 aliphatic heterocycles. The third-order valence-electron chi connectivity index (χ3n) is 3.18. The quantitative estimate of drug-likeness (QED) is 0.699. The molecule has 0 spiro atoms. The summed E-state index contributed by atoms with van der Waals surface area (Å²) in [6.45, 7) is 6.13. The Kier molecular flexibility index (Phi) is 5.92. The van der Waals surface area contributed by atoms with Gasteiger partial charge in [0.05, 0.1) is 5.02 Å². The van der Waals surface area contributed by atoms with Crippen LogP contribution in [0.15, 0.2) is 36.4 Å². The molecule has 0 unspecified atom stereocenters. The van der Waals surface area contributed by atoms with E-state index in [4.69, 9.17) is 27.9 Å². The average Bonchev–Trinajstić information content (AvgIpc) is 2.45. The van der Waals surface area contributed by atoms with Crippen LogP contribution in [0.25, 0.3) is 0 Å². The molecule has 4 heteroatoms. The molecule has 0 aromatic heterocycles. The Morgan fingerprint density at radius 3 is 2.62 bits per heavy atom. The number of ether oxygens (including phenoxy) is 1. The van der Waals surface area contributed by atoms with Crippen molar-refractivity contribution in [2.24, 2.45) is 0 Å². The Balaban J connectivity index is 2.11. The minimum Gasteiger partial charge on any atom is -0.456 e. The second-order valence-corrected chi connectivity index (χ2v) is 5.79. The Morgan fingerprint density at radius 2 is 1.90 bits per heavy atom. The Bertz CT molecular complexity index is 614. The van der Waals surface area contributed by atoms with Crippen molar-refractivity contribution >= 4 is 23.2 Å². The lowest BCUT2D eigenvalue weighted by molar-refractivity contribution is 0.482. The van der Waals surface area contributed by atoms with E-state index in [0.29, 0.717) is 15.8 Å². The van der Waals surface area contributed by atoms with E-state index in [1.165, 1.54) is 11.1 Å². The number of aryl methyl sites for hydroxylation is 1. The van der Waals surface area contributed by atoms with E-state index in [1.807, 2.05) is 12.1 Å². The molecule has 0 saturated heterocycles. The third kappa shape index (κ3) is 4.63. The molecule has 0 radical (unpaired) electrons. The molecule has 1 N–H and O–H groups in total. The first-order chi connectivity index (χ1) is 10.1. The molecule has 21 heavy (non-hydrogen) atoms. The van der Waals surface area contributed by atoms with E-state index in [-0.39, 0.29) is 0 Å². The molecule has 0 aliphatic carbocycles. The lowest BCUT2D eigenvalue weighted by atomic mass is 10.1. The van der Waals surface area contributed by atoms with Gasteiger partial charge in [-0.1, -0.05) is 36.2 Å². The first-order valence-electron chi connectivity index (χ1n) is 7.03. The highest BCUT2D eigenvalue weighted by Crippen LogP contribution is 2.32. The topological polar surface area (TPSA) is 21.3 Å². The smallest absolute Gasteiger partial charge is 0.147 e. The number of rotatable bonds is 6. The van der Waals surface area contributed by atoms with Crippen LogP contribution < -0.4 is 10.1 Å². The van der Waals surface area contributed by atoms with Crippen molar-refractivity contribution in [1.29, 1.82) is 0 Å². The highest BCUT2D eigenvalue weighted by atomic mass is 35.5. The molecule has 0 saturated carbocycles. The zero-order valence-electron chi connectivity index (χ0n) is 12.2.